The van der Waals surface area contributed by atoms with Crippen molar-refractivity contribution in [3.8, 4) is 10.6 Å². The first kappa shape index (κ1) is 18.7. The van der Waals surface area contributed by atoms with Crippen LogP contribution in [-0.4, -0.2) is 28.3 Å². The van der Waals surface area contributed by atoms with E-state index in [4.69, 9.17) is 4.74 Å². The fourth-order valence-corrected chi connectivity index (χ4v) is 3.63. The maximum absolute atomic E-state index is 12.0. The number of aromatic nitrogens is 1. The number of thiazole rings is 1. The number of carbonyl (C=O) groups excluding carboxylic acids is 2. The molecule has 10 heteroatoms. The number of nitro benzene ring substituents is 1. The molecule has 3 aromatic rings. The summed E-state index contributed by atoms with van der Waals surface area (Å²) in [6.07, 6.45) is 0. The zero-order chi connectivity index (χ0) is 19.2. The van der Waals surface area contributed by atoms with Crippen LogP contribution >= 0.6 is 22.7 Å². The van der Waals surface area contributed by atoms with E-state index in [0.717, 1.165) is 16.6 Å². The average Bonchev–Trinajstić information content (AvgIpc) is 3.35. The lowest BCUT2D eigenvalue weighted by Gasteiger charge is -2.05. The monoisotopic (exact) mass is 403 g/mol. The maximum Gasteiger partial charge on any atom is 0.325 e. The van der Waals surface area contributed by atoms with E-state index in [1.54, 1.807) is 11.3 Å². The Hall–Kier alpha value is -3.11. The Morgan fingerprint density at radius 1 is 1.26 bits per heavy atom. The summed E-state index contributed by atoms with van der Waals surface area (Å²) in [4.78, 5) is 38.3. The molecule has 0 aliphatic heterocycles. The summed E-state index contributed by atoms with van der Waals surface area (Å²) in [7, 11) is 0. The van der Waals surface area contributed by atoms with Crippen LogP contribution in [0.3, 0.4) is 0 Å². The summed E-state index contributed by atoms with van der Waals surface area (Å²) in [6.45, 7) is -0.338. The maximum atomic E-state index is 12.0. The lowest BCUT2D eigenvalue weighted by atomic mass is 10.2. The fourth-order valence-electron chi connectivity index (χ4n) is 2.11. The summed E-state index contributed by atoms with van der Waals surface area (Å²) in [6, 6.07) is 7.21. The predicted molar refractivity (Wildman–Crippen MR) is 101 cm³/mol. The summed E-state index contributed by atoms with van der Waals surface area (Å²) in [5.74, 6) is -1.22. The summed E-state index contributed by atoms with van der Waals surface area (Å²) >= 11 is 3.03. The van der Waals surface area contributed by atoms with E-state index in [2.05, 4.69) is 10.3 Å². The number of esters is 1. The van der Waals surface area contributed by atoms with E-state index in [9.17, 15) is 19.7 Å². The van der Waals surface area contributed by atoms with Crippen LogP contribution in [0.5, 0.6) is 0 Å². The van der Waals surface area contributed by atoms with Gasteiger partial charge in [0.05, 0.1) is 10.6 Å². The predicted octanol–water partition coefficient (Wildman–Crippen LogP) is 3.25. The molecule has 1 amide bonds. The zero-order valence-electron chi connectivity index (χ0n) is 13.8. The Kier molecular flexibility index (Phi) is 5.89. The fraction of sp³-hybridized carbons (Fsp3) is 0.118. The highest BCUT2D eigenvalue weighted by atomic mass is 32.1. The number of ether oxygens (including phenoxy) is 1. The number of hydrogen-bond acceptors (Lipinski definition) is 8. The number of carbonyl (C=O) groups is 2. The van der Waals surface area contributed by atoms with Crippen LogP contribution in [0.4, 0.5) is 5.69 Å². The molecule has 0 bridgehead atoms. The van der Waals surface area contributed by atoms with Crippen molar-refractivity contribution in [2.75, 3.05) is 6.54 Å². The first-order chi connectivity index (χ1) is 13.0. The summed E-state index contributed by atoms with van der Waals surface area (Å²) in [5.41, 5.74) is 1.54. The van der Waals surface area contributed by atoms with Gasteiger partial charge in [-0.2, -0.15) is 11.3 Å². The Morgan fingerprint density at radius 2 is 2.11 bits per heavy atom. The number of non-ortho nitro benzene ring substituents is 1. The highest BCUT2D eigenvalue weighted by Gasteiger charge is 2.13. The largest absolute Gasteiger partial charge is 0.458 e. The molecular weight excluding hydrogens is 390 g/mol. The molecule has 1 N–H and O–H groups in total. The van der Waals surface area contributed by atoms with Gasteiger partial charge in [-0.05, 0) is 17.5 Å². The number of benzene rings is 1. The van der Waals surface area contributed by atoms with Gasteiger partial charge in [-0.3, -0.25) is 19.7 Å². The normalized spacial score (nSPS) is 10.4. The molecule has 138 valence electrons. The third kappa shape index (κ3) is 4.96. The number of nitrogens with one attached hydrogen (secondary N) is 1. The number of rotatable bonds is 7. The molecule has 0 unspecified atom stereocenters. The Labute approximate surface area is 161 Å². The second kappa shape index (κ2) is 8.52. The van der Waals surface area contributed by atoms with Gasteiger partial charge in [0.1, 0.15) is 18.2 Å². The Balaban J connectivity index is 1.48. The van der Waals surface area contributed by atoms with Gasteiger partial charge in [-0.1, -0.05) is 6.07 Å². The molecule has 3 rings (SSSR count). The molecule has 1 aromatic carbocycles. The number of nitrogens with zero attached hydrogens (tertiary/aromatic N) is 2. The van der Waals surface area contributed by atoms with Crippen LogP contribution in [0.2, 0.25) is 0 Å². The van der Waals surface area contributed by atoms with E-state index in [1.165, 1.54) is 29.5 Å². The van der Waals surface area contributed by atoms with Crippen molar-refractivity contribution in [3.05, 3.63) is 67.8 Å². The van der Waals surface area contributed by atoms with Crippen molar-refractivity contribution in [1.29, 1.82) is 0 Å². The second-order valence-corrected chi connectivity index (χ2v) is 6.94. The number of amides is 1. The van der Waals surface area contributed by atoms with Crippen LogP contribution in [-0.2, 0) is 16.1 Å². The van der Waals surface area contributed by atoms with Gasteiger partial charge < -0.3 is 10.1 Å². The van der Waals surface area contributed by atoms with E-state index in [0.29, 0.717) is 5.69 Å². The first-order valence-electron chi connectivity index (χ1n) is 7.68. The number of hydrogen-bond donors (Lipinski definition) is 1. The number of nitro groups is 1. The van der Waals surface area contributed by atoms with Crippen LogP contribution in [0.1, 0.15) is 16.1 Å². The molecule has 8 nitrogen and oxygen atoms in total. The molecule has 0 aliphatic carbocycles. The quantitative estimate of drug-likeness (QED) is 0.368. The van der Waals surface area contributed by atoms with Gasteiger partial charge in [-0.15, -0.1) is 11.3 Å². The molecule has 0 saturated carbocycles. The lowest BCUT2D eigenvalue weighted by Crippen LogP contribution is -2.30. The van der Waals surface area contributed by atoms with Crippen molar-refractivity contribution >= 4 is 40.2 Å². The van der Waals surface area contributed by atoms with E-state index in [-0.39, 0.29) is 24.4 Å². The first-order valence-corrected chi connectivity index (χ1v) is 9.50. The van der Waals surface area contributed by atoms with Crippen LogP contribution in [0.25, 0.3) is 10.6 Å². The molecule has 0 radical (unpaired) electrons. The van der Waals surface area contributed by atoms with Crippen molar-refractivity contribution in [2.24, 2.45) is 0 Å². The summed E-state index contributed by atoms with van der Waals surface area (Å²) < 4.78 is 5.09. The number of thiophene rings is 1. The van der Waals surface area contributed by atoms with Crippen LogP contribution < -0.4 is 5.32 Å². The second-order valence-electron chi connectivity index (χ2n) is 5.31. The van der Waals surface area contributed by atoms with Gasteiger partial charge >= 0.3 is 5.97 Å². The minimum absolute atomic E-state index is 0.00610. The Morgan fingerprint density at radius 3 is 2.85 bits per heavy atom. The molecule has 2 heterocycles. The zero-order valence-corrected chi connectivity index (χ0v) is 15.4. The third-order valence-electron chi connectivity index (χ3n) is 3.41. The van der Waals surface area contributed by atoms with Crippen molar-refractivity contribution in [2.45, 2.75) is 6.61 Å². The van der Waals surface area contributed by atoms with Crippen molar-refractivity contribution in [3.63, 3.8) is 0 Å². The molecular formula is C17H13N3O5S2. The van der Waals surface area contributed by atoms with Gasteiger partial charge in [0, 0.05) is 34.0 Å². The molecule has 0 aliphatic rings. The van der Waals surface area contributed by atoms with Crippen LogP contribution in [0, 0.1) is 10.1 Å². The molecule has 0 fully saturated rings. The lowest BCUT2D eigenvalue weighted by molar-refractivity contribution is -0.384. The molecule has 0 saturated heterocycles. The Bertz CT molecular complexity index is 969. The van der Waals surface area contributed by atoms with E-state index < -0.39 is 16.8 Å². The van der Waals surface area contributed by atoms with Gasteiger partial charge in [0.2, 0.25) is 0 Å². The third-order valence-corrected chi connectivity index (χ3v) is 5.04. The average molecular weight is 403 g/mol. The van der Waals surface area contributed by atoms with Gasteiger partial charge in [0.25, 0.3) is 11.6 Å². The standard InChI is InChI=1S/C17H13N3O5S2/c21-15(7-18-16(22)11-2-1-3-14(6-11)20(23)24)25-8-13-10-27-17(19-13)12-4-5-26-9-12/h1-6,9-10H,7-8H2,(H,18,22). The topological polar surface area (TPSA) is 111 Å². The molecule has 27 heavy (non-hydrogen) atoms. The minimum atomic E-state index is -0.626. The van der Waals surface area contributed by atoms with Crippen molar-refractivity contribution in [1.82, 2.24) is 10.3 Å². The van der Waals surface area contributed by atoms with E-state index in [1.807, 2.05) is 22.2 Å². The van der Waals surface area contributed by atoms with E-state index >= 15 is 0 Å². The highest BCUT2D eigenvalue weighted by molar-refractivity contribution is 7.14. The molecule has 2 aromatic heterocycles. The van der Waals surface area contributed by atoms with Crippen LogP contribution in [0.15, 0.2) is 46.5 Å². The highest BCUT2D eigenvalue weighted by Crippen LogP contribution is 2.25. The van der Waals surface area contributed by atoms with Gasteiger partial charge in [0.15, 0.2) is 0 Å². The smallest absolute Gasteiger partial charge is 0.325 e. The summed E-state index contributed by atoms with van der Waals surface area (Å²) in [5, 5.41) is 19.7. The molecule has 0 atom stereocenters. The SMILES string of the molecule is O=C(CNC(=O)c1cccc([N+](=O)[O-])c1)OCc1csc(-c2ccsc2)n1. The van der Waals surface area contributed by atoms with Crippen molar-refractivity contribution < 1.29 is 19.2 Å². The van der Waals surface area contributed by atoms with Gasteiger partial charge in [-0.25, -0.2) is 4.98 Å². The minimum Gasteiger partial charge on any atom is -0.458 e. The molecule has 0 spiro atoms.